The Labute approximate surface area is 233 Å². The van der Waals surface area contributed by atoms with Crippen LogP contribution in [0.25, 0.3) is 55.8 Å². The summed E-state index contributed by atoms with van der Waals surface area (Å²) in [4.78, 5) is 10.3. The van der Waals surface area contributed by atoms with E-state index in [9.17, 15) is 5.11 Å². The standard InChI is InChI=1S/C33H30N4O3/c1-4-6-15-37(16-7-5-2)26-13-11-22(12-14-26)30-19-24-18-27(28(38)20-31(24)39-30)33-36-32-23(17-25(21-34)35-3)9-8-10-29(32)40-33/h8-14,17-20,38H,4-7,15-16H2,1-2H3/b25-17-. The molecule has 1 N–H and O–H groups in total. The largest absolute Gasteiger partial charge is 0.507 e. The van der Waals surface area contributed by atoms with E-state index in [-0.39, 0.29) is 17.3 Å². The van der Waals surface area contributed by atoms with Gasteiger partial charge < -0.3 is 18.8 Å². The summed E-state index contributed by atoms with van der Waals surface area (Å²) in [6, 6.07) is 20.9. The third-order valence-corrected chi connectivity index (χ3v) is 6.92. The zero-order valence-corrected chi connectivity index (χ0v) is 22.6. The van der Waals surface area contributed by atoms with Crippen molar-refractivity contribution in [2.75, 3.05) is 18.0 Å². The molecule has 0 bridgehead atoms. The van der Waals surface area contributed by atoms with Gasteiger partial charge in [0.05, 0.1) is 18.2 Å². The molecule has 2 aromatic heterocycles. The van der Waals surface area contributed by atoms with Crippen LogP contribution in [0.4, 0.5) is 5.69 Å². The Morgan fingerprint density at radius 1 is 1.02 bits per heavy atom. The number of aromatic hydroxyl groups is 1. The van der Waals surface area contributed by atoms with E-state index in [4.69, 9.17) is 20.7 Å². The van der Waals surface area contributed by atoms with Crippen molar-refractivity contribution in [1.29, 1.82) is 5.26 Å². The molecule has 0 amide bonds. The van der Waals surface area contributed by atoms with Crippen molar-refractivity contribution >= 4 is 33.8 Å². The number of benzene rings is 3. The molecule has 0 atom stereocenters. The van der Waals surface area contributed by atoms with Crippen molar-refractivity contribution in [2.24, 2.45) is 0 Å². The lowest BCUT2D eigenvalue weighted by Crippen LogP contribution is -2.25. The van der Waals surface area contributed by atoms with E-state index in [0.717, 1.165) is 24.0 Å². The first-order valence-electron chi connectivity index (χ1n) is 13.6. The average Bonchev–Trinajstić information content (AvgIpc) is 3.60. The van der Waals surface area contributed by atoms with Crippen LogP contribution in [0.1, 0.15) is 45.1 Å². The maximum Gasteiger partial charge on any atom is 0.262 e. The van der Waals surface area contributed by atoms with Crippen LogP contribution in [0.15, 0.2) is 75.2 Å². The van der Waals surface area contributed by atoms with Crippen LogP contribution < -0.4 is 4.90 Å². The molecule has 0 radical (unpaired) electrons. The van der Waals surface area contributed by atoms with Gasteiger partial charge in [0.2, 0.25) is 5.89 Å². The van der Waals surface area contributed by atoms with Gasteiger partial charge in [0.1, 0.15) is 22.6 Å². The summed E-state index contributed by atoms with van der Waals surface area (Å²) >= 11 is 0. The molecule has 40 heavy (non-hydrogen) atoms. The first kappa shape index (κ1) is 26.6. The Hall–Kier alpha value is -5.01. The van der Waals surface area contributed by atoms with Crippen LogP contribution in [0.2, 0.25) is 0 Å². The van der Waals surface area contributed by atoms with Crippen LogP contribution in [-0.2, 0) is 0 Å². The van der Waals surface area contributed by atoms with E-state index in [0.29, 0.717) is 33.6 Å². The number of oxazole rings is 1. The number of rotatable bonds is 10. The molecule has 0 aliphatic heterocycles. The molecule has 5 rings (SSSR count). The van der Waals surface area contributed by atoms with Crippen LogP contribution in [0, 0.1) is 17.9 Å². The number of para-hydroxylation sites is 1. The molecule has 7 heteroatoms. The number of nitrogens with zero attached hydrogens (tertiary/aromatic N) is 4. The number of allylic oxidation sites excluding steroid dienone is 1. The molecule has 0 aliphatic carbocycles. The second-order valence-corrected chi connectivity index (χ2v) is 9.73. The van der Waals surface area contributed by atoms with Crippen molar-refractivity contribution in [3.8, 4) is 34.6 Å². The number of hydrogen-bond acceptors (Lipinski definition) is 6. The van der Waals surface area contributed by atoms with Gasteiger partial charge in [-0.3, -0.25) is 0 Å². The first-order valence-corrected chi connectivity index (χ1v) is 13.6. The van der Waals surface area contributed by atoms with Gasteiger partial charge in [0.25, 0.3) is 5.70 Å². The van der Waals surface area contributed by atoms with Gasteiger partial charge in [-0.25, -0.2) is 15.1 Å². The fourth-order valence-corrected chi connectivity index (χ4v) is 4.73. The highest BCUT2D eigenvalue weighted by atomic mass is 16.4. The lowest BCUT2D eigenvalue weighted by molar-refractivity contribution is 0.473. The number of hydrogen-bond donors (Lipinski definition) is 1. The second kappa shape index (κ2) is 11.8. The minimum atomic E-state index is -0.0464. The Bertz CT molecular complexity index is 1740. The van der Waals surface area contributed by atoms with Crippen molar-refractivity contribution in [2.45, 2.75) is 39.5 Å². The molecule has 0 saturated heterocycles. The minimum Gasteiger partial charge on any atom is -0.507 e. The summed E-state index contributed by atoms with van der Waals surface area (Å²) in [5.41, 5.74) is 4.70. The number of phenolic OH excluding ortho intramolecular Hbond substituents is 1. The molecule has 3 aromatic carbocycles. The summed E-state index contributed by atoms with van der Waals surface area (Å²) in [5.74, 6) is 0.927. The number of anilines is 1. The highest BCUT2D eigenvalue weighted by Crippen LogP contribution is 2.38. The molecule has 0 unspecified atom stereocenters. The molecular formula is C33H30N4O3. The molecule has 0 fully saturated rings. The fourth-order valence-electron chi connectivity index (χ4n) is 4.73. The van der Waals surface area contributed by atoms with Gasteiger partial charge in [-0.15, -0.1) is 0 Å². The van der Waals surface area contributed by atoms with Gasteiger partial charge >= 0.3 is 0 Å². The van der Waals surface area contributed by atoms with Crippen molar-refractivity contribution < 1.29 is 13.9 Å². The lowest BCUT2D eigenvalue weighted by atomic mass is 10.1. The molecule has 0 saturated carbocycles. The quantitative estimate of drug-likeness (QED) is 0.143. The van der Waals surface area contributed by atoms with Gasteiger partial charge in [0.15, 0.2) is 5.58 Å². The van der Waals surface area contributed by atoms with E-state index < -0.39 is 0 Å². The van der Waals surface area contributed by atoms with Crippen molar-refractivity contribution in [1.82, 2.24) is 4.98 Å². The summed E-state index contributed by atoms with van der Waals surface area (Å²) in [7, 11) is 0. The first-order chi connectivity index (χ1) is 19.5. The Morgan fingerprint density at radius 2 is 1.77 bits per heavy atom. The van der Waals surface area contributed by atoms with Crippen molar-refractivity contribution in [3.05, 3.63) is 83.3 Å². The summed E-state index contributed by atoms with van der Waals surface area (Å²) in [6.07, 6.45) is 6.15. The van der Waals surface area contributed by atoms with Gasteiger partial charge in [-0.2, -0.15) is 0 Å². The highest BCUT2D eigenvalue weighted by molar-refractivity contribution is 5.91. The second-order valence-electron chi connectivity index (χ2n) is 9.73. The number of furan rings is 1. The Kier molecular flexibility index (Phi) is 7.84. The van der Waals surface area contributed by atoms with Crippen LogP contribution in [-0.4, -0.2) is 23.2 Å². The average molecular weight is 531 g/mol. The zero-order valence-electron chi connectivity index (χ0n) is 22.6. The fraction of sp³-hybridized carbons (Fsp3) is 0.242. The maximum atomic E-state index is 10.8. The Morgan fingerprint density at radius 3 is 2.45 bits per heavy atom. The minimum absolute atomic E-state index is 0.0197. The molecule has 200 valence electrons. The smallest absolute Gasteiger partial charge is 0.262 e. The lowest BCUT2D eigenvalue weighted by Gasteiger charge is -2.24. The molecule has 0 spiro atoms. The predicted molar refractivity (Wildman–Crippen MR) is 159 cm³/mol. The number of fused-ring (bicyclic) bond motifs is 2. The molecule has 5 aromatic rings. The van der Waals surface area contributed by atoms with Crippen LogP contribution >= 0.6 is 0 Å². The van der Waals surface area contributed by atoms with E-state index in [1.807, 2.05) is 12.1 Å². The predicted octanol–water partition coefficient (Wildman–Crippen LogP) is 8.80. The number of phenols is 1. The van der Waals surface area contributed by atoms with Crippen molar-refractivity contribution in [3.63, 3.8) is 0 Å². The monoisotopic (exact) mass is 530 g/mol. The molecular weight excluding hydrogens is 500 g/mol. The topological polar surface area (TPSA) is 90.8 Å². The van der Waals surface area contributed by atoms with Crippen LogP contribution in [0.5, 0.6) is 5.75 Å². The molecule has 0 aliphatic rings. The maximum absolute atomic E-state index is 10.8. The molecule has 2 heterocycles. The highest BCUT2D eigenvalue weighted by Gasteiger charge is 2.18. The van der Waals surface area contributed by atoms with Crippen LogP contribution in [0.3, 0.4) is 0 Å². The van der Waals surface area contributed by atoms with Gasteiger partial charge in [0, 0.05) is 35.8 Å². The number of aromatic nitrogens is 1. The zero-order chi connectivity index (χ0) is 28.1. The number of nitriles is 1. The summed E-state index contributed by atoms with van der Waals surface area (Å²) in [6.45, 7) is 13.7. The summed E-state index contributed by atoms with van der Waals surface area (Å²) < 4.78 is 12.1. The Balaban J connectivity index is 1.46. The number of unbranched alkanes of at least 4 members (excludes halogenated alkanes) is 2. The summed E-state index contributed by atoms with van der Waals surface area (Å²) in [5, 5.41) is 20.8. The normalized spacial score (nSPS) is 11.6. The SMILES string of the molecule is [C-]#[N+]/C(C#N)=C\c1cccc2oc(-c3cc4cc(-c5ccc(N(CCCC)CCCC)cc5)oc4cc3O)nc12. The van der Waals surface area contributed by atoms with E-state index >= 15 is 0 Å². The van der Waals surface area contributed by atoms with E-state index in [1.54, 1.807) is 30.3 Å². The molecule has 7 nitrogen and oxygen atoms in total. The van der Waals surface area contributed by atoms with E-state index in [1.165, 1.54) is 37.4 Å². The van der Waals surface area contributed by atoms with E-state index in [2.05, 4.69) is 52.8 Å². The van der Waals surface area contributed by atoms with Gasteiger partial charge in [-0.1, -0.05) is 38.8 Å². The van der Waals surface area contributed by atoms with Gasteiger partial charge in [-0.05, 0) is 66.9 Å². The third-order valence-electron chi connectivity index (χ3n) is 6.92. The third kappa shape index (κ3) is 5.41.